The molecule has 75 valence electrons. The standard InChI is InChI=1S/C12H7Br2O/c13-11-7-6-10(8-12(11)14)15-9-4-2-1-3-5-9/h2-8H. The first-order chi connectivity index (χ1) is 7.25. The number of rotatable bonds is 2. The Kier molecular flexibility index (Phi) is 3.44. The van der Waals surface area contributed by atoms with Crippen LogP contribution in [0.4, 0.5) is 0 Å². The van der Waals surface area contributed by atoms with Crippen molar-refractivity contribution in [2.45, 2.75) is 0 Å². The number of halogens is 2. The number of benzene rings is 2. The first-order valence-electron chi connectivity index (χ1n) is 4.35. The van der Waals surface area contributed by atoms with E-state index < -0.39 is 0 Å². The largest absolute Gasteiger partial charge is 0.457 e. The Bertz CT molecular complexity index is 454. The molecule has 1 radical (unpaired) electrons. The van der Waals surface area contributed by atoms with Crippen molar-refractivity contribution in [1.29, 1.82) is 0 Å². The van der Waals surface area contributed by atoms with E-state index in [1.165, 1.54) is 0 Å². The van der Waals surface area contributed by atoms with Crippen molar-refractivity contribution >= 4 is 31.9 Å². The minimum atomic E-state index is 0.802. The third kappa shape index (κ3) is 2.83. The van der Waals surface area contributed by atoms with Crippen LogP contribution in [0.15, 0.2) is 51.4 Å². The molecule has 1 nitrogen and oxygen atoms in total. The first kappa shape index (κ1) is 10.7. The lowest BCUT2D eigenvalue weighted by atomic mass is 10.3. The second-order valence-electron chi connectivity index (χ2n) is 2.91. The first-order valence-corrected chi connectivity index (χ1v) is 5.93. The molecule has 0 atom stereocenters. The van der Waals surface area contributed by atoms with E-state index in [0.29, 0.717) is 0 Å². The van der Waals surface area contributed by atoms with Gasteiger partial charge in [-0.25, -0.2) is 0 Å². The monoisotopic (exact) mass is 325 g/mol. The van der Waals surface area contributed by atoms with Gasteiger partial charge in [0.1, 0.15) is 11.5 Å². The molecule has 3 heteroatoms. The lowest BCUT2D eigenvalue weighted by Gasteiger charge is -2.06. The van der Waals surface area contributed by atoms with Crippen molar-refractivity contribution in [2.24, 2.45) is 0 Å². The van der Waals surface area contributed by atoms with Crippen LogP contribution in [0.5, 0.6) is 11.5 Å². The smallest absolute Gasteiger partial charge is 0.128 e. The third-order valence-corrected chi connectivity index (χ3v) is 3.69. The van der Waals surface area contributed by atoms with Crippen molar-refractivity contribution in [1.82, 2.24) is 0 Å². The summed E-state index contributed by atoms with van der Waals surface area (Å²) in [7, 11) is 0. The van der Waals surface area contributed by atoms with E-state index in [2.05, 4.69) is 37.9 Å². The van der Waals surface area contributed by atoms with Gasteiger partial charge in [-0.1, -0.05) is 12.1 Å². The van der Waals surface area contributed by atoms with Gasteiger partial charge in [0.2, 0.25) is 0 Å². The van der Waals surface area contributed by atoms with Gasteiger partial charge < -0.3 is 4.74 Å². The van der Waals surface area contributed by atoms with E-state index >= 15 is 0 Å². The van der Waals surface area contributed by atoms with Crippen LogP contribution in [0.1, 0.15) is 0 Å². The molecule has 0 aliphatic carbocycles. The fourth-order valence-electron chi connectivity index (χ4n) is 1.12. The summed E-state index contributed by atoms with van der Waals surface area (Å²) >= 11 is 6.83. The molecular formula is C12H7Br2O. The molecule has 0 N–H and O–H groups in total. The summed E-state index contributed by atoms with van der Waals surface area (Å²) in [5, 5.41) is 0. The second kappa shape index (κ2) is 4.81. The Balaban J connectivity index is 2.22. The van der Waals surface area contributed by atoms with Crippen LogP contribution in [-0.2, 0) is 0 Å². The van der Waals surface area contributed by atoms with Crippen molar-refractivity contribution in [3.63, 3.8) is 0 Å². The molecular weight excluding hydrogens is 320 g/mol. The van der Waals surface area contributed by atoms with Gasteiger partial charge in [-0.2, -0.15) is 0 Å². The van der Waals surface area contributed by atoms with Crippen molar-refractivity contribution < 1.29 is 4.74 Å². The van der Waals surface area contributed by atoms with Gasteiger partial charge in [0.05, 0.1) is 0 Å². The highest BCUT2D eigenvalue weighted by Crippen LogP contribution is 2.29. The summed E-state index contributed by atoms with van der Waals surface area (Å²) in [6.45, 7) is 0. The highest BCUT2D eigenvalue weighted by atomic mass is 79.9. The quantitative estimate of drug-likeness (QED) is 0.770. The molecule has 0 unspecified atom stereocenters. The summed E-state index contributed by atoms with van der Waals surface area (Å²) in [6, 6.07) is 16.1. The van der Waals surface area contributed by atoms with Gasteiger partial charge in [-0.05, 0) is 68.3 Å². The molecule has 0 bridgehead atoms. The summed E-state index contributed by atoms with van der Waals surface area (Å²) < 4.78 is 7.63. The zero-order valence-electron chi connectivity index (χ0n) is 7.71. The van der Waals surface area contributed by atoms with Gasteiger partial charge in [-0.3, -0.25) is 0 Å². The molecule has 0 heterocycles. The van der Waals surface area contributed by atoms with Crippen LogP contribution in [-0.4, -0.2) is 0 Å². The molecule has 0 aliphatic rings. The number of ether oxygens (including phenoxy) is 1. The van der Waals surface area contributed by atoms with Gasteiger partial charge in [0.25, 0.3) is 0 Å². The molecule has 2 aromatic rings. The molecule has 0 saturated carbocycles. The Morgan fingerprint density at radius 3 is 2.27 bits per heavy atom. The lowest BCUT2D eigenvalue weighted by molar-refractivity contribution is 0.482. The number of hydrogen-bond acceptors (Lipinski definition) is 1. The minimum Gasteiger partial charge on any atom is -0.457 e. The molecule has 0 fully saturated rings. The zero-order chi connectivity index (χ0) is 10.7. The van der Waals surface area contributed by atoms with Crippen LogP contribution in [0.3, 0.4) is 0 Å². The van der Waals surface area contributed by atoms with Crippen molar-refractivity contribution in [3.8, 4) is 11.5 Å². The van der Waals surface area contributed by atoms with Crippen LogP contribution in [0, 0.1) is 6.07 Å². The maximum Gasteiger partial charge on any atom is 0.128 e. The summed E-state index contributed by atoms with van der Waals surface area (Å²) in [6.07, 6.45) is 0. The molecule has 0 spiro atoms. The lowest BCUT2D eigenvalue weighted by Crippen LogP contribution is -1.83. The maximum atomic E-state index is 5.64. The van der Waals surface area contributed by atoms with Crippen LogP contribution in [0.25, 0.3) is 0 Å². The van der Waals surface area contributed by atoms with E-state index in [9.17, 15) is 0 Å². The summed E-state index contributed by atoms with van der Waals surface area (Å²) in [5.41, 5.74) is 0. The minimum absolute atomic E-state index is 0.802. The highest BCUT2D eigenvalue weighted by Gasteiger charge is 2.00. The summed E-state index contributed by atoms with van der Waals surface area (Å²) in [4.78, 5) is 0. The molecule has 0 aliphatic heterocycles. The predicted molar refractivity (Wildman–Crippen MR) is 67.2 cm³/mol. The average molecular weight is 327 g/mol. The Labute approximate surface area is 105 Å². The van der Waals surface area contributed by atoms with E-state index in [1.807, 2.05) is 42.5 Å². The topological polar surface area (TPSA) is 9.23 Å². The van der Waals surface area contributed by atoms with Crippen molar-refractivity contribution in [2.75, 3.05) is 0 Å². The highest BCUT2D eigenvalue weighted by molar-refractivity contribution is 9.13. The maximum absolute atomic E-state index is 5.64. The fraction of sp³-hybridized carbons (Fsp3) is 0. The number of hydrogen-bond donors (Lipinski definition) is 0. The van der Waals surface area contributed by atoms with Crippen molar-refractivity contribution in [3.05, 3.63) is 57.5 Å². The van der Waals surface area contributed by atoms with E-state index in [-0.39, 0.29) is 0 Å². The molecule has 2 rings (SSSR count). The van der Waals surface area contributed by atoms with Gasteiger partial charge >= 0.3 is 0 Å². The molecule has 0 amide bonds. The van der Waals surface area contributed by atoms with E-state index in [0.717, 1.165) is 20.4 Å². The van der Waals surface area contributed by atoms with Crippen LogP contribution in [0.2, 0.25) is 0 Å². The van der Waals surface area contributed by atoms with E-state index in [4.69, 9.17) is 4.74 Å². The van der Waals surface area contributed by atoms with Gasteiger partial charge in [0, 0.05) is 8.95 Å². The Morgan fingerprint density at radius 2 is 1.60 bits per heavy atom. The van der Waals surface area contributed by atoms with E-state index in [1.54, 1.807) is 0 Å². The molecule has 15 heavy (non-hydrogen) atoms. The summed E-state index contributed by atoms with van der Waals surface area (Å²) in [5.74, 6) is 1.61. The molecule has 0 saturated heterocycles. The van der Waals surface area contributed by atoms with Gasteiger partial charge in [-0.15, -0.1) is 0 Å². The molecule has 0 aromatic heterocycles. The fourth-order valence-corrected chi connectivity index (χ4v) is 1.72. The normalized spacial score (nSPS) is 10.0. The average Bonchev–Trinajstić information content (AvgIpc) is 2.25. The zero-order valence-corrected chi connectivity index (χ0v) is 10.9. The van der Waals surface area contributed by atoms with Gasteiger partial charge in [0.15, 0.2) is 0 Å². The Hall–Kier alpha value is -0.800. The molecule has 2 aromatic carbocycles. The second-order valence-corrected chi connectivity index (χ2v) is 4.62. The third-order valence-electron chi connectivity index (χ3n) is 1.81. The van der Waals surface area contributed by atoms with Crippen LogP contribution < -0.4 is 4.74 Å². The SMILES string of the molecule is Brc1ccc(Oc2cc[c]cc2)cc1Br. The van der Waals surface area contributed by atoms with Crippen LogP contribution >= 0.6 is 31.9 Å². The Morgan fingerprint density at radius 1 is 0.867 bits per heavy atom. The predicted octanol–water partition coefficient (Wildman–Crippen LogP) is 4.80.